The normalized spacial score (nSPS) is 20.3. The van der Waals surface area contributed by atoms with E-state index in [4.69, 9.17) is 6.42 Å². The van der Waals surface area contributed by atoms with Crippen LogP contribution >= 0.6 is 0 Å². The van der Waals surface area contributed by atoms with E-state index in [1.54, 1.807) is 19.8 Å². The third-order valence-corrected chi connectivity index (χ3v) is 6.68. The van der Waals surface area contributed by atoms with E-state index in [9.17, 15) is 14.4 Å². The topological polar surface area (TPSA) is 76.2 Å². The molecule has 0 aliphatic carbocycles. The van der Waals surface area contributed by atoms with E-state index in [0.29, 0.717) is 19.5 Å². The molecular weight excluding hydrogens is 454 g/mol. The van der Waals surface area contributed by atoms with Crippen LogP contribution in [-0.2, 0) is 22.6 Å². The van der Waals surface area contributed by atoms with Crippen molar-refractivity contribution in [3.63, 3.8) is 0 Å². The van der Waals surface area contributed by atoms with E-state index in [1.807, 2.05) is 74.5 Å². The minimum absolute atomic E-state index is 0.0556. The molecule has 2 aliphatic heterocycles. The van der Waals surface area contributed by atoms with Gasteiger partial charge < -0.3 is 15.1 Å². The molecule has 188 valence electrons. The molecule has 2 heterocycles. The van der Waals surface area contributed by atoms with Crippen molar-refractivity contribution < 1.29 is 14.4 Å². The largest absolute Gasteiger partial charge is 0.337 e. The Morgan fingerprint density at radius 2 is 1.69 bits per heavy atom. The Bertz CT molecular complexity index is 1120. The van der Waals surface area contributed by atoms with Crippen LogP contribution < -0.4 is 5.32 Å². The van der Waals surface area contributed by atoms with Gasteiger partial charge in [-0.05, 0) is 23.5 Å². The number of piperazine rings is 1. The van der Waals surface area contributed by atoms with Crippen molar-refractivity contribution in [1.29, 1.82) is 0 Å². The van der Waals surface area contributed by atoms with Gasteiger partial charge in [0.25, 0.3) is 0 Å². The van der Waals surface area contributed by atoms with Crippen LogP contribution in [0.3, 0.4) is 0 Å². The SMILES string of the molecule is C#CCN1CC(=O)N2[C@@H](C(C)C)C(=O)N(CCc3ccccc3)C[C@@H]2N1C(=O)NCc1ccccc1. The Labute approximate surface area is 212 Å². The second-order valence-electron chi connectivity index (χ2n) is 9.51. The smallest absolute Gasteiger partial charge is 0.334 e. The summed E-state index contributed by atoms with van der Waals surface area (Å²) < 4.78 is 0. The van der Waals surface area contributed by atoms with Crippen LogP contribution in [0.2, 0.25) is 0 Å². The quantitative estimate of drug-likeness (QED) is 0.609. The zero-order chi connectivity index (χ0) is 25.7. The number of amides is 4. The lowest BCUT2D eigenvalue weighted by Crippen LogP contribution is -2.77. The van der Waals surface area contributed by atoms with Crippen molar-refractivity contribution in [2.75, 3.05) is 26.2 Å². The van der Waals surface area contributed by atoms with Crippen LogP contribution in [0, 0.1) is 18.3 Å². The minimum Gasteiger partial charge on any atom is -0.337 e. The first-order chi connectivity index (χ1) is 17.4. The van der Waals surface area contributed by atoms with Crippen LogP contribution in [0.4, 0.5) is 4.79 Å². The van der Waals surface area contributed by atoms with Crippen LogP contribution in [0.25, 0.3) is 0 Å². The number of carbonyl (C=O) groups is 3. The number of benzene rings is 2. The third-order valence-electron chi connectivity index (χ3n) is 6.68. The Morgan fingerprint density at radius 1 is 1.06 bits per heavy atom. The summed E-state index contributed by atoms with van der Waals surface area (Å²) in [5.74, 6) is 2.17. The number of nitrogens with zero attached hydrogens (tertiary/aromatic N) is 4. The number of urea groups is 1. The summed E-state index contributed by atoms with van der Waals surface area (Å²) in [4.78, 5) is 43.7. The fraction of sp³-hybridized carbons (Fsp3) is 0.393. The third kappa shape index (κ3) is 5.37. The lowest BCUT2D eigenvalue weighted by molar-refractivity contribution is -0.191. The lowest BCUT2D eigenvalue weighted by Gasteiger charge is -2.55. The van der Waals surface area contributed by atoms with Crippen LogP contribution in [0.1, 0.15) is 25.0 Å². The van der Waals surface area contributed by atoms with Crippen LogP contribution in [0.15, 0.2) is 60.7 Å². The molecule has 0 saturated carbocycles. The maximum Gasteiger partial charge on any atom is 0.334 e. The van der Waals surface area contributed by atoms with Crippen molar-refractivity contribution in [2.24, 2.45) is 5.92 Å². The van der Waals surface area contributed by atoms with E-state index in [1.165, 1.54) is 0 Å². The number of fused-ring (bicyclic) bond motifs is 1. The monoisotopic (exact) mass is 487 g/mol. The molecule has 2 aromatic carbocycles. The maximum absolute atomic E-state index is 13.6. The van der Waals surface area contributed by atoms with Gasteiger partial charge in [-0.25, -0.2) is 9.80 Å². The average Bonchev–Trinajstić information content (AvgIpc) is 2.88. The zero-order valence-electron chi connectivity index (χ0n) is 20.8. The van der Waals surface area contributed by atoms with Crippen molar-refractivity contribution in [3.8, 4) is 12.3 Å². The molecule has 2 aliphatic rings. The van der Waals surface area contributed by atoms with Gasteiger partial charge in [0.05, 0.1) is 19.6 Å². The standard InChI is InChI=1S/C28H33N5O3/c1-4-16-31-20-25(34)32-24(33(31)28(36)29-18-23-13-9-6-10-14-23)19-30(27(35)26(32)21(2)3)17-15-22-11-7-5-8-12-22/h1,5-14,21,24,26H,15-20H2,2-3H3,(H,29,36)/t24-,26-/m0/s1. The molecule has 8 nitrogen and oxygen atoms in total. The highest BCUT2D eigenvalue weighted by atomic mass is 16.2. The van der Waals surface area contributed by atoms with E-state index in [-0.39, 0.29) is 43.4 Å². The highest BCUT2D eigenvalue weighted by molar-refractivity contribution is 5.91. The molecule has 0 unspecified atom stereocenters. The highest BCUT2D eigenvalue weighted by Gasteiger charge is 2.51. The van der Waals surface area contributed by atoms with E-state index in [2.05, 4.69) is 11.2 Å². The molecular formula is C28H33N5O3. The molecule has 2 atom stereocenters. The summed E-state index contributed by atoms with van der Waals surface area (Å²) in [6.07, 6.45) is 5.64. The first kappa shape index (κ1) is 25.3. The first-order valence-electron chi connectivity index (χ1n) is 12.3. The first-order valence-corrected chi connectivity index (χ1v) is 12.3. The molecule has 8 heteroatoms. The van der Waals surface area contributed by atoms with Crippen LogP contribution in [-0.4, -0.2) is 76.0 Å². The minimum atomic E-state index is -0.649. The van der Waals surface area contributed by atoms with Gasteiger partial charge in [-0.2, -0.15) is 5.01 Å². The number of nitrogens with one attached hydrogen (secondary N) is 1. The maximum atomic E-state index is 13.6. The number of hydrogen-bond acceptors (Lipinski definition) is 4. The van der Waals surface area contributed by atoms with Gasteiger partial charge in [0.1, 0.15) is 12.2 Å². The van der Waals surface area contributed by atoms with Gasteiger partial charge in [0.15, 0.2) is 0 Å². The molecule has 36 heavy (non-hydrogen) atoms. The predicted molar refractivity (Wildman–Crippen MR) is 137 cm³/mol. The second kappa shape index (κ2) is 11.3. The number of carbonyl (C=O) groups excluding carboxylic acids is 3. The summed E-state index contributed by atoms with van der Waals surface area (Å²) in [5, 5.41) is 6.11. The Morgan fingerprint density at radius 3 is 2.31 bits per heavy atom. The molecule has 0 spiro atoms. The summed E-state index contributed by atoms with van der Waals surface area (Å²) in [7, 11) is 0. The van der Waals surface area contributed by atoms with Gasteiger partial charge in [-0.3, -0.25) is 9.59 Å². The molecule has 2 fully saturated rings. The van der Waals surface area contributed by atoms with Crippen molar-refractivity contribution >= 4 is 17.8 Å². The fourth-order valence-electron chi connectivity index (χ4n) is 4.96. The molecule has 2 aromatic rings. The van der Waals surface area contributed by atoms with Crippen molar-refractivity contribution in [2.45, 2.75) is 39.0 Å². The lowest BCUT2D eigenvalue weighted by atomic mass is 9.96. The Kier molecular flexibility index (Phi) is 7.91. The summed E-state index contributed by atoms with van der Waals surface area (Å²) in [6.45, 7) is 4.98. The van der Waals surface area contributed by atoms with Gasteiger partial charge >= 0.3 is 6.03 Å². The Hall–Kier alpha value is -3.83. The van der Waals surface area contributed by atoms with Gasteiger partial charge in [0, 0.05) is 13.1 Å². The number of hydrazine groups is 1. The molecule has 4 rings (SSSR count). The summed E-state index contributed by atoms with van der Waals surface area (Å²) in [5.41, 5.74) is 2.09. The average molecular weight is 488 g/mol. The van der Waals surface area contributed by atoms with E-state index >= 15 is 0 Å². The molecule has 4 amide bonds. The van der Waals surface area contributed by atoms with Crippen molar-refractivity contribution in [1.82, 2.24) is 25.1 Å². The predicted octanol–water partition coefficient (Wildman–Crippen LogP) is 2.33. The Balaban J connectivity index is 1.61. The zero-order valence-corrected chi connectivity index (χ0v) is 20.8. The molecule has 0 aromatic heterocycles. The summed E-state index contributed by atoms with van der Waals surface area (Å²) >= 11 is 0. The number of hydrogen-bond donors (Lipinski definition) is 1. The van der Waals surface area contributed by atoms with Gasteiger partial charge in [0.2, 0.25) is 11.8 Å². The van der Waals surface area contributed by atoms with Gasteiger partial charge in [-0.15, -0.1) is 6.42 Å². The summed E-state index contributed by atoms with van der Waals surface area (Å²) in [6, 6.07) is 18.6. The van der Waals surface area contributed by atoms with E-state index in [0.717, 1.165) is 11.1 Å². The van der Waals surface area contributed by atoms with E-state index < -0.39 is 12.2 Å². The van der Waals surface area contributed by atoms with Gasteiger partial charge in [-0.1, -0.05) is 80.4 Å². The molecule has 0 radical (unpaired) electrons. The number of terminal acetylenes is 1. The highest BCUT2D eigenvalue weighted by Crippen LogP contribution is 2.29. The molecule has 0 bridgehead atoms. The second-order valence-corrected chi connectivity index (χ2v) is 9.51. The number of rotatable bonds is 7. The van der Waals surface area contributed by atoms with Crippen LogP contribution in [0.5, 0.6) is 0 Å². The molecule has 1 N–H and O–H groups in total. The molecule has 2 saturated heterocycles. The van der Waals surface area contributed by atoms with Crippen molar-refractivity contribution in [3.05, 3.63) is 71.8 Å². The fourth-order valence-corrected chi connectivity index (χ4v) is 4.96.